The van der Waals surface area contributed by atoms with Crippen molar-refractivity contribution >= 4 is 22.6 Å². The number of aromatic amines is 1. The van der Waals surface area contributed by atoms with Crippen LogP contribution < -0.4 is 5.32 Å². The Bertz CT molecular complexity index is 581. The van der Waals surface area contributed by atoms with E-state index in [1.165, 1.54) is 11.5 Å². The summed E-state index contributed by atoms with van der Waals surface area (Å²) in [5, 5.41) is 10.4. The van der Waals surface area contributed by atoms with Crippen molar-refractivity contribution < 1.29 is 9.53 Å². The van der Waals surface area contributed by atoms with Gasteiger partial charge in [0.25, 0.3) is 5.82 Å². The number of anilines is 1. The van der Waals surface area contributed by atoms with Crippen LogP contribution in [-0.4, -0.2) is 37.1 Å². The highest BCUT2D eigenvalue weighted by Gasteiger charge is 2.17. The lowest BCUT2D eigenvalue weighted by Gasteiger charge is -2.08. The Morgan fingerprint density at radius 1 is 1.45 bits per heavy atom. The Balaban J connectivity index is 2.02. The molecule has 0 amide bonds. The number of nitrogens with zero attached hydrogens (tertiary/aromatic N) is 4. The molecule has 2 heterocycles. The highest BCUT2D eigenvalue weighted by molar-refractivity contribution is 7.09. The number of aromatic nitrogens is 5. The first-order chi connectivity index (χ1) is 9.63. The molecule has 1 atom stereocenters. The normalized spacial score (nSPS) is 12.2. The predicted octanol–water partition coefficient (Wildman–Crippen LogP) is 1.57. The number of ether oxygens (including phenoxy) is 1. The van der Waals surface area contributed by atoms with Crippen molar-refractivity contribution in [2.75, 3.05) is 11.9 Å². The molecule has 0 radical (unpaired) electrons. The maximum Gasteiger partial charge on any atom is 0.378 e. The van der Waals surface area contributed by atoms with Crippen molar-refractivity contribution in [3.05, 3.63) is 17.5 Å². The molecule has 8 nitrogen and oxygen atoms in total. The van der Waals surface area contributed by atoms with Gasteiger partial charge in [-0.25, -0.2) is 14.8 Å². The van der Waals surface area contributed by atoms with Crippen LogP contribution in [0.3, 0.4) is 0 Å². The molecule has 2 aromatic heterocycles. The van der Waals surface area contributed by atoms with Gasteiger partial charge in [0.15, 0.2) is 0 Å². The lowest BCUT2D eigenvalue weighted by Crippen LogP contribution is -2.10. The molecule has 0 aromatic carbocycles. The van der Waals surface area contributed by atoms with Gasteiger partial charge in [-0.1, -0.05) is 6.92 Å². The van der Waals surface area contributed by atoms with Crippen molar-refractivity contribution in [2.45, 2.75) is 33.2 Å². The molecule has 0 spiro atoms. The highest BCUT2D eigenvalue weighted by Crippen LogP contribution is 2.18. The lowest BCUT2D eigenvalue weighted by molar-refractivity contribution is 0.0512. The first kappa shape index (κ1) is 14.4. The molecule has 0 saturated carbocycles. The summed E-state index contributed by atoms with van der Waals surface area (Å²) in [6, 6.07) is -0.164. The second-order valence-corrected chi connectivity index (χ2v) is 4.75. The summed E-state index contributed by atoms with van der Waals surface area (Å²) < 4.78 is 9.02. The molecule has 0 aliphatic rings. The summed E-state index contributed by atoms with van der Waals surface area (Å²) in [5.41, 5.74) is 0. The number of H-pyrrole nitrogens is 1. The van der Waals surface area contributed by atoms with E-state index >= 15 is 0 Å². The molecule has 0 aliphatic carbocycles. The minimum absolute atomic E-state index is 0.0296. The van der Waals surface area contributed by atoms with Gasteiger partial charge in [0, 0.05) is 18.0 Å². The van der Waals surface area contributed by atoms with Gasteiger partial charge in [-0.2, -0.15) is 4.37 Å². The van der Waals surface area contributed by atoms with Crippen LogP contribution in [-0.2, 0) is 11.2 Å². The Kier molecular flexibility index (Phi) is 4.61. The van der Waals surface area contributed by atoms with E-state index in [0.717, 1.165) is 12.2 Å². The first-order valence-corrected chi connectivity index (χ1v) is 7.09. The molecule has 108 valence electrons. The van der Waals surface area contributed by atoms with Gasteiger partial charge in [0.2, 0.25) is 5.13 Å². The number of aryl methyl sites for hydroxylation is 1. The van der Waals surface area contributed by atoms with Gasteiger partial charge in [-0.15, -0.1) is 5.10 Å². The van der Waals surface area contributed by atoms with E-state index in [0.29, 0.717) is 17.6 Å². The van der Waals surface area contributed by atoms with Crippen molar-refractivity contribution in [3.8, 4) is 0 Å². The fourth-order valence-corrected chi connectivity index (χ4v) is 2.20. The molecule has 2 rings (SSSR count). The van der Waals surface area contributed by atoms with Crippen molar-refractivity contribution in [2.24, 2.45) is 0 Å². The van der Waals surface area contributed by atoms with Gasteiger partial charge in [-0.05, 0) is 13.8 Å². The SMILES string of the molecule is CCOC(=O)c1n[nH]c(C(C)Nc2nc(CC)ns2)n1. The van der Waals surface area contributed by atoms with E-state index in [1.54, 1.807) is 6.92 Å². The molecule has 2 aromatic rings. The van der Waals surface area contributed by atoms with Crippen LogP contribution in [0.25, 0.3) is 0 Å². The zero-order chi connectivity index (χ0) is 14.5. The third kappa shape index (κ3) is 3.29. The van der Waals surface area contributed by atoms with E-state index in [2.05, 4.69) is 29.9 Å². The van der Waals surface area contributed by atoms with Gasteiger partial charge < -0.3 is 10.1 Å². The average Bonchev–Trinajstić information content (AvgIpc) is 3.07. The maximum atomic E-state index is 11.5. The highest BCUT2D eigenvalue weighted by atomic mass is 32.1. The molecule has 0 saturated heterocycles. The Morgan fingerprint density at radius 2 is 2.25 bits per heavy atom. The second kappa shape index (κ2) is 6.42. The van der Waals surface area contributed by atoms with E-state index in [4.69, 9.17) is 4.74 Å². The number of carbonyl (C=O) groups is 1. The van der Waals surface area contributed by atoms with Crippen LogP contribution in [0, 0.1) is 0 Å². The molecule has 0 aliphatic heterocycles. The van der Waals surface area contributed by atoms with Gasteiger partial charge >= 0.3 is 5.97 Å². The maximum absolute atomic E-state index is 11.5. The minimum Gasteiger partial charge on any atom is -0.460 e. The van der Waals surface area contributed by atoms with Crippen LogP contribution in [0.4, 0.5) is 5.13 Å². The summed E-state index contributed by atoms with van der Waals surface area (Å²) >= 11 is 1.29. The summed E-state index contributed by atoms with van der Waals surface area (Å²) in [6.07, 6.45) is 0.794. The van der Waals surface area contributed by atoms with Gasteiger partial charge in [-0.3, -0.25) is 5.10 Å². The largest absolute Gasteiger partial charge is 0.460 e. The van der Waals surface area contributed by atoms with Crippen LogP contribution in [0.15, 0.2) is 0 Å². The fourth-order valence-electron chi connectivity index (χ4n) is 1.46. The summed E-state index contributed by atoms with van der Waals surface area (Å²) in [5.74, 6) is 0.837. The molecular formula is C11H16N6O2S. The van der Waals surface area contributed by atoms with Crippen LogP contribution >= 0.6 is 11.5 Å². The third-order valence-corrected chi connectivity index (χ3v) is 3.18. The summed E-state index contributed by atoms with van der Waals surface area (Å²) in [7, 11) is 0. The van der Waals surface area contributed by atoms with Crippen molar-refractivity contribution in [1.29, 1.82) is 0 Å². The summed E-state index contributed by atoms with van der Waals surface area (Å²) in [6.45, 7) is 5.91. The van der Waals surface area contributed by atoms with E-state index in [-0.39, 0.29) is 11.9 Å². The topological polar surface area (TPSA) is 106 Å². The monoisotopic (exact) mass is 296 g/mol. The number of hydrogen-bond donors (Lipinski definition) is 2. The number of esters is 1. The molecule has 20 heavy (non-hydrogen) atoms. The molecule has 0 bridgehead atoms. The number of hydrogen-bond acceptors (Lipinski definition) is 8. The predicted molar refractivity (Wildman–Crippen MR) is 73.7 cm³/mol. The number of rotatable bonds is 6. The van der Waals surface area contributed by atoms with Crippen molar-refractivity contribution in [1.82, 2.24) is 24.5 Å². The smallest absolute Gasteiger partial charge is 0.378 e. The lowest BCUT2D eigenvalue weighted by atomic mass is 10.3. The Hall–Kier alpha value is -2.03. The molecule has 0 fully saturated rings. The van der Waals surface area contributed by atoms with E-state index in [9.17, 15) is 4.79 Å². The number of carbonyl (C=O) groups excluding carboxylic acids is 1. The molecule has 9 heteroatoms. The Labute approximate surface area is 120 Å². The molecular weight excluding hydrogens is 280 g/mol. The van der Waals surface area contributed by atoms with Crippen LogP contribution in [0.5, 0.6) is 0 Å². The van der Waals surface area contributed by atoms with Crippen molar-refractivity contribution in [3.63, 3.8) is 0 Å². The Morgan fingerprint density at radius 3 is 2.90 bits per heavy atom. The fraction of sp³-hybridized carbons (Fsp3) is 0.545. The average molecular weight is 296 g/mol. The molecule has 1 unspecified atom stereocenters. The zero-order valence-electron chi connectivity index (χ0n) is 11.5. The van der Waals surface area contributed by atoms with Gasteiger partial charge in [0.1, 0.15) is 11.6 Å². The second-order valence-electron chi connectivity index (χ2n) is 4.00. The molecule has 2 N–H and O–H groups in total. The third-order valence-electron chi connectivity index (χ3n) is 2.50. The quantitative estimate of drug-likeness (QED) is 0.779. The summed E-state index contributed by atoms with van der Waals surface area (Å²) in [4.78, 5) is 19.9. The first-order valence-electron chi connectivity index (χ1n) is 6.32. The van der Waals surface area contributed by atoms with E-state index < -0.39 is 5.97 Å². The standard InChI is InChI=1S/C11H16N6O2S/c1-4-7-13-11(20-17-7)12-6(3)8-14-9(16-15-8)10(18)19-5-2/h6H,4-5H2,1-3H3,(H,12,13,17)(H,14,15,16). The minimum atomic E-state index is -0.536. The van der Waals surface area contributed by atoms with E-state index in [1.807, 2.05) is 13.8 Å². The van der Waals surface area contributed by atoms with Crippen LogP contribution in [0.2, 0.25) is 0 Å². The van der Waals surface area contributed by atoms with Gasteiger partial charge in [0.05, 0.1) is 12.6 Å². The zero-order valence-corrected chi connectivity index (χ0v) is 12.3. The number of nitrogens with one attached hydrogen (secondary N) is 2. The van der Waals surface area contributed by atoms with Crippen LogP contribution in [0.1, 0.15) is 49.1 Å².